The fraction of sp³-hybridized carbons (Fsp3) is 0.333. The van der Waals surface area contributed by atoms with Gasteiger partial charge in [-0.05, 0) is 24.6 Å². The molecule has 0 saturated carbocycles. The molecule has 0 saturated heterocycles. The topological polar surface area (TPSA) is 76.9 Å². The third kappa shape index (κ3) is 4.17. The van der Waals surface area contributed by atoms with Crippen LogP contribution in [0.15, 0.2) is 23.0 Å². The molecule has 0 aliphatic carbocycles. The van der Waals surface area contributed by atoms with Crippen molar-refractivity contribution in [3.05, 3.63) is 55.7 Å². The second-order valence-electron chi connectivity index (χ2n) is 6.45. The van der Waals surface area contributed by atoms with Crippen molar-refractivity contribution in [2.45, 2.75) is 39.8 Å². The smallest absolute Gasteiger partial charge is 0.294 e. The lowest BCUT2D eigenvalue weighted by Crippen LogP contribution is -2.34. The number of halogens is 2. The van der Waals surface area contributed by atoms with Crippen LogP contribution in [-0.4, -0.2) is 20.7 Å². The molecule has 6 nitrogen and oxygen atoms in total. The number of hydrogen-bond acceptors (Lipinski definition) is 5. The number of carbonyl (C=O) groups is 1. The Hall–Kier alpha value is -2.32. The fourth-order valence-electron chi connectivity index (χ4n) is 2.53. The number of benzene rings is 1. The van der Waals surface area contributed by atoms with Gasteiger partial charge in [-0.25, -0.2) is 14.1 Å². The average molecular weight is 409 g/mol. The Balaban J connectivity index is 1.78. The minimum absolute atomic E-state index is 0.127. The number of carbonyl (C=O) groups excluding carboxylic acids is 1. The van der Waals surface area contributed by atoms with E-state index in [9.17, 15) is 14.0 Å². The molecule has 3 aromatic rings. The highest BCUT2D eigenvalue weighted by Crippen LogP contribution is 2.26. The molecule has 0 aliphatic heterocycles. The molecular weight excluding hydrogens is 391 g/mol. The lowest BCUT2D eigenvalue weighted by atomic mass is 10.2. The molecule has 0 bridgehead atoms. The van der Waals surface area contributed by atoms with Gasteiger partial charge in [-0.2, -0.15) is 5.10 Å². The summed E-state index contributed by atoms with van der Waals surface area (Å²) < 4.78 is 14.9. The number of aromatic nitrogens is 3. The summed E-state index contributed by atoms with van der Waals surface area (Å²) in [6.45, 7) is 5.70. The van der Waals surface area contributed by atoms with Crippen LogP contribution in [-0.2, 0) is 17.9 Å². The van der Waals surface area contributed by atoms with Gasteiger partial charge in [-0.3, -0.25) is 9.59 Å². The zero-order valence-electron chi connectivity index (χ0n) is 15.0. The van der Waals surface area contributed by atoms with E-state index < -0.39 is 17.3 Å². The normalized spacial score (nSPS) is 11.3. The van der Waals surface area contributed by atoms with Gasteiger partial charge in [0.1, 0.15) is 12.4 Å². The zero-order chi connectivity index (χ0) is 19.7. The summed E-state index contributed by atoms with van der Waals surface area (Å²) in [5.74, 6) is -0.639. The number of fused-ring (bicyclic) bond motifs is 1. The molecule has 0 aliphatic rings. The lowest BCUT2D eigenvalue weighted by molar-refractivity contribution is -0.122. The zero-order valence-corrected chi connectivity index (χ0v) is 16.6. The molecule has 1 amide bonds. The van der Waals surface area contributed by atoms with Crippen LogP contribution in [0, 0.1) is 12.7 Å². The molecule has 142 valence electrons. The number of nitrogens with one attached hydrogen (secondary N) is 1. The number of rotatable bonds is 5. The van der Waals surface area contributed by atoms with E-state index in [1.807, 2.05) is 13.8 Å². The maximum absolute atomic E-state index is 13.1. The summed E-state index contributed by atoms with van der Waals surface area (Å²) >= 11 is 7.40. The summed E-state index contributed by atoms with van der Waals surface area (Å²) in [5.41, 5.74) is 1.18. The third-order valence-corrected chi connectivity index (χ3v) is 5.77. The van der Waals surface area contributed by atoms with Gasteiger partial charge < -0.3 is 5.32 Å². The predicted octanol–water partition coefficient (Wildman–Crippen LogP) is 3.39. The standard InChI is InChI=1S/C18H18ClFN4O2S/c1-9(2)17-22-15-16(27-17)10(3)23-24(18(15)26)8-14(25)21-7-11-4-5-12(20)6-13(11)19/h4-6,9H,7-8H2,1-3H3,(H,21,25). The molecule has 1 N–H and O–H groups in total. The molecule has 3 rings (SSSR count). The number of hydrogen-bond donors (Lipinski definition) is 1. The predicted molar refractivity (Wildman–Crippen MR) is 104 cm³/mol. The van der Waals surface area contributed by atoms with Crippen molar-refractivity contribution in [3.63, 3.8) is 0 Å². The minimum Gasteiger partial charge on any atom is -0.350 e. The Morgan fingerprint density at radius 3 is 2.81 bits per heavy atom. The van der Waals surface area contributed by atoms with Crippen molar-refractivity contribution in [2.75, 3.05) is 0 Å². The number of nitrogens with zero attached hydrogens (tertiary/aromatic N) is 3. The van der Waals surface area contributed by atoms with E-state index in [0.29, 0.717) is 16.8 Å². The molecule has 2 heterocycles. The summed E-state index contributed by atoms with van der Waals surface area (Å²) in [4.78, 5) is 29.3. The van der Waals surface area contributed by atoms with Gasteiger partial charge in [-0.15, -0.1) is 11.3 Å². The summed E-state index contributed by atoms with van der Waals surface area (Å²) in [6, 6.07) is 3.95. The molecule has 0 radical (unpaired) electrons. The first kappa shape index (κ1) is 19.4. The van der Waals surface area contributed by atoms with Gasteiger partial charge in [0.2, 0.25) is 5.91 Å². The Labute approximate surface area is 164 Å². The Morgan fingerprint density at radius 1 is 1.41 bits per heavy atom. The van der Waals surface area contributed by atoms with Gasteiger partial charge in [0, 0.05) is 17.5 Å². The Kier molecular flexibility index (Phi) is 5.57. The number of thiazole rings is 1. The molecule has 0 spiro atoms. The van der Waals surface area contributed by atoms with E-state index in [0.717, 1.165) is 14.4 Å². The fourth-order valence-corrected chi connectivity index (χ4v) is 3.76. The van der Waals surface area contributed by atoms with Crippen molar-refractivity contribution < 1.29 is 9.18 Å². The molecule has 27 heavy (non-hydrogen) atoms. The summed E-state index contributed by atoms with van der Waals surface area (Å²) in [5, 5.41) is 7.99. The quantitative estimate of drug-likeness (QED) is 0.702. The summed E-state index contributed by atoms with van der Waals surface area (Å²) in [6.07, 6.45) is 0. The first-order valence-corrected chi connectivity index (χ1v) is 9.54. The highest BCUT2D eigenvalue weighted by molar-refractivity contribution is 7.18. The molecule has 9 heteroatoms. The van der Waals surface area contributed by atoms with Gasteiger partial charge in [0.05, 0.1) is 15.4 Å². The average Bonchev–Trinajstić information content (AvgIpc) is 3.05. The van der Waals surface area contributed by atoms with E-state index >= 15 is 0 Å². The van der Waals surface area contributed by atoms with Crippen LogP contribution in [0.1, 0.15) is 36.0 Å². The first-order valence-electron chi connectivity index (χ1n) is 8.35. The highest BCUT2D eigenvalue weighted by atomic mass is 35.5. The van der Waals surface area contributed by atoms with Crippen LogP contribution < -0.4 is 10.9 Å². The van der Waals surface area contributed by atoms with Crippen molar-refractivity contribution in [1.29, 1.82) is 0 Å². The van der Waals surface area contributed by atoms with E-state index in [1.165, 1.54) is 29.5 Å². The third-order valence-electron chi connectivity index (χ3n) is 3.96. The van der Waals surface area contributed by atoms with E-state index in [4.69, 9.17) is 11.6 Å². The number of amides is 1. The molecule has 1 aromatic carbocycles. The maximum Gasteiger partial charge on any atom is 0.294 e. The largest absolute Gasteiger partial charge is 0.350 e. The van der Waals surface area contributed by atoms with Crippen LogP contribution in [0.25, 0.3) is 10.2 Å². The lowest BCUT2D eigenvalue weighted by Gasteiger charge is -2.09. The van der Waals surface area contributed by atoms with Crippen molar-refractivity contribution in [1.82, 2.24) is 20.1 Å². The Bertz CT molecular complexity index is 1080. The second kappa shape index (κ2) is 7.74. The van der Waals surface area contributed by atoms with Crippen molar-refractivity contribution in [3.8, 4) is 0 Å². The molecule has 0 fully saturated rings. The van der Waals surface area contributed by atoms with E-state index in [2.05, 4.69) is 15.4 Å². The second-order valence-corrected chi connectivity index (χ2v) is 7.88. The van der Waals surface area contributed by atoms with Gasteiger partial charge in [-0.1, -0.05) is 31.5 Å². The first-order chi connectivity index (χ1) is 12.8. The van der Waals surface area contributed by atoms with Crippen LogP contribution in [0.2, 0.25) is 5.02 Å². The maximum atomic E-state index is 13.1. The SMILES string of the molecule is Cc1nn(CC(=O)NCc2ccc(F)cc2Cl)c(=O)c2nc(C(C)C)sc12. The van der Waals surface area contributed by atoms with Crippen LogP contribution in [0.4, 0.5) is 4.39 Å². The molecule has 2 aromatic heterocycles. The Morgan fingerprint density at radius 2 is 2.15 bits per heavy atom. The van der Waals surface area contributed by atoms with Gasteiger partial charge >= 0.3 is 0 Å². The van der Waals surface area contributed by atoms with Crippen molar-refractivity contribution in [2.24, 2.45) is 0 Å². The van der Waals surface area contributed by atoms with Gasteiger partial charge in [0.25, 0.3) is 5.56 Å². The monoisotopic (exact) mass is 408 g/mol. The van der Waals surface area contributed by atoms with Gasteiger partial charge in [0.15, 0.2) is 5.52 Å². The molecule has 0 atom stereocenters. The molecule has 0 unspecified atom stereocenters. The van der Waals surface area contributed by atoms with E-state index in [-0.39, 0.29) is 24.0 Å². The minimum atomic E-state index is -0.446. The van der Waals surface area contributed by atoms with Crippen LogP contribution >= 0.6 is 22.9 Å². The number of aryl methyl sites for hydroxylation is 1. The van der Waals surface area contributed by atoms with E-state index in [1.54, 1.807) is 6.92 Å². The van der Waals surface area contributed by atoms with Crippen LogP contribution in [0.5, 0.6) is 0 Å². The highest BCUT2D eigenvalue weighted by Gasteiger charge is 2.17. The van der Waals surface area contributed by atoms with Crippen molar-refractivity contribution >= 4 is 39.1 Å². The molecular formula is C18H18ClFN4O2S. The summed E-state index contributed by atoms with van der Waals surface area (Å²) in [7, 11) is 0. The van der Waals surface area contributed by atoms with Crippen LogP contribution in [0.3, 0.4) is 0 Å².